The van der Waals surface area contributed by atoms with Gasteiger partial charge in [0.05, 0.1) is 37.5 Å². The van der Waals surface area contributed by atoms with E-state index < -0.39 is 15.9 Å². The lowest BCUT2D eigenvalue weighted by molar-refractivity contribution is -0.120. The summed E-state index contributed by atoms with van der Waals surface area (Å²) in [5.74, 6) is 0.0931. The number of sulfonamides is 1. The first-order chi connectivity index (χ1) is 14.9. The number of nitrogens with zero attached hydrogens (tertiary/aromatic N) is 2. The lowest BCUT2D eigenvalue weighted by Gasteiger charge is -2.31. The highest BCUT2D eigenvalue weighted by atomic mass is 32.2. The Morgan fingerprint density at radius 1 is 1.16 bits per heavy atom. The topological polar surface area (TPSA) is 109 Å². The fourth-order valence-corrected chi connectivity index (χ4v) is 5.08. The number of carbonyl (C=O) groups excluding carboxylic acids is 1. The molecule has 164 valence electrons. The maximum absolute atomic E-state index is 13.2. The number of carbonyl (C=O) groups is 1. The van der Waals surface area contributed by atoms with Crippen LogP contribution in [0.1, 0.15) is 18.4 Å². The molecule has 8 nitrogen and oxygen atoms in total. The number of nitrogens with one attached hydrogen (secondary N) is 1. The molecule has 1 unspecified atom stereocenters. The van der Waals surface area contributed by atoms with Crippen LogP contribution in [0.25, 0.3) is 0 Å². The van der Waals surface area contributed by atoms with Crippen LogP contribution in [-0.2, 0) is 21.2 Å². The highest BCUT2D eigenvalue weighted by Crippen LogP contribution is 2.32. The molecule has 1 saturated heterocycles. The second kappa shape index (κ2) is 9.81. The molecule has 0 saturated carbocycles. The number of hydrogen-bond donors (Lipinski definition) is 1. The lowest BCUT2D eigenvalue weighted by atomic mass is 9.98. The fraction of sp³-hybridized carbons (Fsp3) is 0.364. The third kappa shape index (κ3) is 5.16. The summed E-state index contributed by atoms with van der Waals surface area (Å²) >= 11 is 0. The Kier molecular flexibility index (Phi) is 7.15. The van der Waals surface area contributed by atoms with E-state index in [2.05, 4.69) is 11.4 Å². The van der Waals surface area contributed by atoms with Crippen LogP contribution in [0.15, 0.2) is 47.4 Å². The van der Waals surface area contributed by atoms with E-state index in [4.69, 9.17) is 14.7 Å². The number of piperidine rings is 1. The van der Waals surface area contributed by atoms with Crippen molar-refractivity contribution < 1.29 is 22.7 Å². The molecule has 31 heavy (non-hydrogen) atoms. The minimum atomic E-state index is -3.78. The highest BCUT2D eigenvalue weighted by Gasteiger charge is 2.33. The third-order valence-corrected chi connectivity index (χ3v) is 7.11. The van der Waals surface area contributed by atoms with Crippen LogP contribution < -0.4 is 14.8 Å². The van der Waals surface area contributed by atoms with E-state index in [9.17, 15) is 13.2 Å². The largest absolute Gasteiger partial charge is 0.493 e. The normalized spacial score (nSPS) is 16.9. The maximum Gasteiger partial charge on any atom is 0.243 e. The Morgan fingerprint density at radius 2 is 1.87 bits per heavy atom. The number of hydrogen-bond acceptors (Lipinski definition) is 6. The highest BCUT2D eigenvalue weighted by molar-refractivity contribution is 7.89. The molecule has 1 amide bonds. The molecule has 0 bridgehead atoms. The number of ether oxygens (including phenoxy) is 2. The van der Waals surface area contributed by atoms with Crippen LogP contribution in [0.3, 0.4) is 0 Å². The zero-order valence-electron chi connectivity index (χ0n) is 17.5. The van der Waals surface area contributed by atoms with Gasteiger partial charge in [0, 0.05) is 24.8 Å². The molecule has 2 aromatic carbocycles. The number of benzene rings is 2. The van der Waals surface area contributed by atoms with Crippen LogP contribution in [-0.4, -0.2) is 45.9 Å². The molecular formula is C22H25N3O5S. The van der Waals surface area contributed by atoms with E-state index in [-0.39, 0.29) is 17.3 Å². The fourth-order valence-electron chi connectivity index (χ4n) is 3.54. The van der Waals surface area contributed by atoms with E-state index in [1.807, 2.05) is 0 Å². The van der Waals surface area contributed by atoms with E-state index in [0.29, 0.717) is 43.0 Å². The molecular weight excluding hydrogens is 418 g/mol. The summed E-state index contributed by atoms with van der Waals surface area (Å²) in [4.78, 5) is 12.8. The molecule has 1 atom stereocenters. The SMILES string of the molecule is COc1ccc(S(=O)(=O)N2CCCC(C(=O)Nc3ccc(CC#N)cc3)C2)cc1OC. The van der Waals surface area contributed by atoms with Crippen LogP contribution >= 0.6 is 0 Å². The van der Waals surface area contributed by atoms with Gasteiger partial charge in [-0.05, 0) is 42.7 Å². The van der Waals surface area contributed by atoms with Gasteiger partial charge in [0.1, 0.15) is 0 Å². The first-order valence-electron chi connectivity index (χ1n) is 9.88. The van der Waals surface area contributed by atoms with Crippen LogP contribution in [0.2, 0.25) is 0 Å². The summed E-state index contributed by atoms with van der Waals surface area (Å²) in [6, 6.07) is 13.6. The van der Waals surface area contributed by atoms with E-state index >= 15 is 0 Å². The molecule has 1 aliphatic heterocycles. The Bertz CT molecular complexity index is 1080. The van der Waals surface area contributed by atoms with Gasteiger partial charge in [0.2, 0.25) is 15.9 Å². The van der Waals surface area contributed by atoms with Crippen LogP contribution in [0.4, 0.5) is 5.69 Å². The van der Waals surface area contributed by atoms with Crippen molar-refractivity contribution in [3.05, 3.63) is 48.0 Å². The van der Waals surface area contributed by atoms with Crippen molar-refractivity contribution in [2.24, 2.45) is 5.92 Å². The Hall–Kier alpha value is -3.09. The van der Waals surface area contributed by atoms with Gasteiger partial charge in [-0.2, -0.15) is 9.57 Å². The molecule has 1 aliphatic rings. The van der Waals surface area contributed by atoms with Gasteiger partial charge in [-0.25, -0.2) is 8.42 Å². The minimum absolute atomic E-state index is 0.0966. The lowest BCUT2D eigenvalue weighted by Crippen LogP contribution is -2.43. The Balaban J connectivity index is 1.72. The smallest absolute Gasteiger partial charge is 0.243 e. The summed E-state index contributed by atoms with van der Waals surface area (Å²) in [5.41, 5.74) is 1.48. The number of rotatable bonds is 7. The second-order valence-corrected chi connectivity index (χ2v) is 9.18. The third-order valence-electron chi connectivity index (χ3n) is 5.25. The minimum Gasteiger partial charge on any atom is -0.493 e. The maximum atomic E-state index is 13.2. The average Bonchev–Trinajstić information content (AvgIpc) is 2.80. The predicted octanol–water partition coefficient (Wildman–Crippen LogP) is 2.81. The van der Waals surface area contributed by atoms with Gasteiger partial charge in [-0.15, -0.1) is 0 Å². The molecule has 2 aromatic rings. The van der Waals surface area contributed by atoms with Gasteiger partial charge in [0.25, 0.3) is 0 Å². The van der Waals surface area contributed by atoms with E-state index in [1.54, 1.807) is 30.3 Å². The standard InChI is InChI=1S/C22H25N3O5S/c1-29-20-10-9-19(14-21(20)30-2)31(27,28)25-13-3-4-17(15-25)22(26)24-18-7-5-16(6-8-18)11-12-23/h5-10,14,17H,3-4,11,13,15H2,1-2H3,(H,24,26). The van der Waals surface area contributed by atoms with Crippen LogP contribution in [0.5, 0.6) is 11.5 Å². The summed E-state index contributed by atoms with van der Waals surface area (Å²) in [7, 11) is -0.854. The van der Waals surface area contributed by atoms with Gasteiger partial charge in [-0.3, -0.25) is 4.79 Å². The number of methoxy groups -OCH3 is 2. The Labute approximate surface area is 182 Å². The Morgan fingerprint density at radius 3 is 2.52 bits per heavy atom. The summed E-state index contributed by atoms with van der Waals surface area (Å²) < 4.78 is 38.0. The zero-order valence-corrected chi connectivity index (χ0v) is 18.3. The summed E-state index contributed by atoms with van der Waals surface area (Å²) in [6.45, 7) is 0.457. The molecule has 1 fully saturated rings. The molecule has 0 radical (unpaired) electrons. The second-order valence-electron chi connectivity index (χ2n) is 7.24. The van der Waals surface area contributed by atoms with Gasteiger partial charge in [-0.1, -0.05) is 12.1 Å². The van der Waals surface area contributed by atoms with Crippen molar-refractivity contribution in [2.75, 3.05) is 32.6 Å². The van der Waals surface area contributed by atoms with E-state index in [0.717, 1.165) is 5.56 Å². The van der Waals surface area contributed by atoms with Crippen molar-refractivity contribution >= 4 is 21.6 Å². The summed E-state index contributed by atoms with van der Waals surface area (Å²) in [5, 5.41) is 11.6. The van der Waals surface area contributed by atoms with Crippen molar-refractivity contribution in [1.82, 2.24) is 4.31 Å². The first kappa shape index (κ1) is 22.6. The van der Waals surface area contributed by atoms with Gasteiger partial charge >= 0.3 is 0 Å². The predicted molar refractivity (Wildman–Crippen MR) is 115 cm³/mol. The van der Waals surface area contributed by atoms with Crippen molar-refractivity contribution in [3.63, 3.8) is 0 Å². The van der Waals surface area contributed by atoms with Crippen molar-refractivity contribution in [3.8, 4) is 17.6 Å². The van der Waals surface area contributed by atoms with Gasteiger partial charge < -0.3 is 14.8 Å². The molecule has 3 rings (SSSR count). The summed E-state index contributed by atoms with van der Waals surface area (Å²) in [6.07, 6.45) is 1.50. The molecule has 1 N–H and O–H groups in total. The molecule has 1 heterocycles. The zero-order chi connectivity index (χ0) is 22.4. The van der Waals surface area contributed by atoms with Crippen LogP contribution in [0, 0.1) is 17.2 Å². The average molecular weight is 444 g/mol. The first-order valence-corrected chi connectivity index (χ1v) is 11.3. The molecule has 0 aromatic heterocycles. The number of nitriles is 1. The molecule has 9 heteroatoms. The van der Waals surface area contributed by atoms with E-state index in [1.165, 1.54) is 30.7 Å². The quantitative estimate of drug-likeness (QED) is 0.705. The van der Waals surface area contributed by atoms with Crippen molar-refractivity contribution in [1.29, 1.82) is 5.26 Å². The van der Waals surface area contributed by atoms with Crippen molar-refractivity contribution in [2.45, 2.75) is 24.2 Å². The molecule has 0 aliphatic carbocycles. The number of amides is 1. The molecule has 0 spiro atoms. The van der Waals surface area contributed by atoms with Gasteiger partial charge in [0.15, 0.2) is 11.5 Å². The monoisotopic (exact) mass is 443 g/mol. The number of anilines is 1.